The highest BCUT2D eigenvalue weighted by molar-refractivity contribution is 6.12. The molecular formula is C25H28N4O6. The fraction of sp³-hybridized carbons (Fsp3) is 0.360. The van der Waals surface area contributed by atoms with E-state index in [1.54, 1.807) is 12.4 Å². The van der Waals surface area contributed by atoms with Crippen molar-refractivity contribution in [1.82, 2.24) is 4.98 Å². The first-order valence-corrected chi connectivity index (χ1v) is 11.4. The molecule has 0 spiro atoms. The van der Waals surface area contributed by atoms with Crippen LogP contribution in [0.2, 0.25) is 0 Å². The largest absolute Gasteiger partial charge is 0.493 e. The van der Waals surface area contributed by atoms with Gasteiger partial charge in [-0.3, -0.25) is 19.9 Å². The van der Waals surface area contributed by atoms with Crippen LogP contribution in [0.4, 0.5) is 17.1 Å². The molecule has 0 bridgehead atoms. The van der Waals surface area contributed by atoms with Crippen molar-refractivity contribution in [2.45, 2.75) is 19.3 Å². The number of anilines is 2. The standard InChI is InChI=1S/C25H28N4O6/c1-33-12-13-35-24-15-22(29(31)32)18(14-23(24)34-2)25(30)27-20-6-7-21(28-10-4-3-5-11-28)17-8-9-26-16-19(17)20/h6-9,14-16H,3-5,10-13H2,1-2H3,(H,27,30). The number of nitrogens with zero attached hydrogens (tertiary/aromatic N) is 3. The molecule has 1 fully saturated rings. The normalized spacial score (nSPS) is 13.5. The van der Waals surface area contributed by atoms with Gasteiger partial charge in [0.1, 0.15) is 12.2 Å². The number of nitro benzene ring substituents is 1. The summed E-state index contributed by atoms with van der Waals surface area (Å²) in [6.45, 7) is 2.44. The van der Waals surface area contributed by atoms with Crippen LogP contribution >= 0.6 is 0 Å². The molecule has 3 aromatic rings. The number of amides is 1. The summed E-state index contributed by atoms with van der Waals surface area (Å²) in [4.78, 5) is 31.0. The number of carbonyl (C=O) groups excluding carboxylic acids is 1. The Labute approximate surface area is 202 Å². The SMILES string of the molecule is COCCOc1cc([N+](=O)[O-])c(C(=O)Nc2ccc(N3CCCCC3)c3ccncc23)cc1OC. The minimum absolute atomic E-state index is 0.136. The zero-order valence-electron chi connectivity index (χ0n) is 19.8. The average molecular weight is 481 g/mol. The van der Waals surface area contributed by atoms with E-state index in [2.05, 4.69) is 15.2 Å². The van der Waals surface area contributed by atoms with Crippen LogP contribution in [0.25, 0.3) is 10.8 Å². The summed E-state index contributed by atoms with van der Waals surface area (Å²) < 4.78 is 15.8. The van der Waals surface area contributed by atoms with E-state index in [9.17, 15) is 14.9 Å². The highest BCUT2D eigenvalue weighted by Crippen LogP contribution is 2.37. The lowest BCUT2D eigenvalue weighted by molar-refractivity contribution is -0.385. The van der Waals surface area contributed by atoms with Gasteiger partial charge in [0.05, 0.1) is 30.4 Å². The Morgan fingerprint density at radius 3 is 2.60 bits per heavy atom. The lowest BCUT2D eigenvalue weighted by atomic mass is 10.0. The van der Waals surface area contributed by atoms with E-state index >= 15 is 0 Å². The number of benzene rings is 2. The predicted octanol–water partition coefficient (Wildman–Crippen LogP) is 4.42. The van der Waals surface area contributed by atoms with Crippen LogP contribution < -0.4 is 19.7 Å². The summed E-state index contributed by atoms with van der Waals surface area (Å²) in [5.41, 5.74) is 1.09. The van der Waals surface area contributed by atoms with Crippen LogP contribution in [0.15, 0.2) is 42.7 Å². The van der Waals surface area contributed by atoms with Crippen molar-refractivity contribution in [2.75, 3.05) is 50.7 Å². The summed E-state index contributed by atoms with van der Waals surface area (Å²) >= 11 is 0. The van der Waals surface area contributed by atoms with E-state index in [0.29, 0.717) is 12.3 Å². The van der Waals surface area contributed by atoms with Crippen molar-refractivity contribution < 1.29 is 23.9 Å². The van der Waals surface area contributed by atoms with Gasteiger partial charge in [0, 0.05) is 55.1 Å². The number of rotatable bonds is 9. The van der Waals surface area contributed by atoms with Crippen molar-refractivity contribution in [2.24, 2.45) is 0 Å². The van der Waals surface area contributed by atoms with E-state index in [1.807, 2.05) is 18.2 Å². The van der Waals surface area contributed by atoms with Gasteiger partial charge >= 0.3 is 0 Å². The van der Waals surface area contributed by atoms with E-state index in [0.717, 1.165) is 42.4 Å². The molecule has 10 heteroatoms. The first-order chi connectivity index (χ1) is 17.0. The first kappa shape index (κ1) is 24.2. The number of hydrogen-bond acceptors (Lipinski definition) is 8. The number of fused-ring (bicyclic) bond motifs is 1. The highest BCUT2D eigenvalue weighted by atomic mass is 16.6. The first-order valence-electron chi connectivity index (χ1n) is 11.4. The molecule has 1 N–H and O–H groups in total. The monoisotopic (exact) mass is 480 g/mol. The predicted molar refractivity (Wildman–Crippen MR) is 133 cm³/mol. The third-order valence-electron chi connectivity index (χ3n) is 6.01. The van der Waals surface area contributed by atoms with Crippen LogP contribution in [-0.4, -0.2) is 56.3 Å². The summed E-state index contributed by atoms with van der Waals surface area (Å²) in [5.74, 6) is -0.258. The number of nitrogens with one attached hydrogen (secondary N) is 1. The molecule has 4 rings (SSSR count). The maximum Gasteiger partial charge on any atom is 0.286 e. The second-order valence-corrected chi connectivity index (χ2v) is 8.17. The van der Waals surface area contributed by atoms with Gasteiger partial charge in [0.25, 0.3) is 11.6 Å². The Morgan fingerprint density at radius 1 is 1.09 bits per heavy atom. The van der Waals surface area contributed by atoms with Crippen molar-refractivity contribution >= 4 is 33.7 Å². The smallest absolute Gasteiger partial charge is 0.286 e. The second kappa shape index (κ2) is 11.0. The van der Waals surface area contributed by atoms with Crippen molar-refractivity contribution in [1.29, 1.82) is 0 Å². The molecular weight excluding hydrogens is 452 g/mol. The number of aromatic nitrogens is 1. The fourth-order valence-electron chi connectivity index (χ4n) is 4.27. The second-order valence-electron chi connectivity index (χ2n) is 8.17. The van der Waals surface area contributed by atoms with Gasteiger partial charge < -0.3 is 24.4 Å². The van der Waals surface area contributed by atoms with Crippen LogP contribution in [0.5, 0.6) is 11.5 Å². The molecule has 184 valence electrons. The Morgan fingerprint density at radius 2 is 1.89 bits per heavy atom. The fourth-order valence-corrected chi connectivity index (χ4v) is 4.27. The van der Waals surface area contributed by atoms with Gasteiger partial charge in [0.2, 0.25) is 0 Å². The summed E-state index contributed by atoms with van der Waals surface area (Å²) in [7, 11) is 2.93. The molecule has 2 heterocycles. The third-order valence-corrected chi connectivity index (χ3v) is 6.01. The number of methoxy groups -OCH3 is 2. The molecule has 1 amide bonds. The topological polar surface area (TPSA) is 116 Å². The zero-order valence-corrected chi connectivity index (χ0v) is 19.8. The minimum atomic E-state index is -0.630. The van der Waals surface area contributed by atoms with Crippen LogP contribution in [-0.2, 0) is 4.74 Å². The number of piperidine rings is 1. The summed E-state index contributed by atoms with van der Waals surface area (Å²) in [6, 6.07) is 8.23. The molecule has 35 heavy (non-hydrogen) atoms. The molecule has 0 unspecified atom stereocenters. The molecule has 1 aliphatic heterocycles. The van der Waals surface area contributed by atoms with Gasteiger partial charge in [-0.2, -0.15) is 0 Å². The van der Waals surface area contributed by atoms with Crippen molar-refractivity contribution in [3.05, 3.63) is 58.4 Å². The molecule has 0 radical (unpaired) electrons. The van der Waals surface area contributed by atoms with Gasteiger partial charge in [-0.1, -0.05) is 0 Å². The Balaban J connectivity index is 1.68. The van der Waals surface area contributed by atoms with Gasteiger partial charge in [-0.05, 0) is 37.5 Å². The Hall–Kier alpha value is -3.92. The maximum atomic E-state index is 13.2. The minimum Gasteiger partial charge on any atom is -0.493 e. The number of carbonyl (C=O) groups is 1. The molecule has 10 nitrogen and oxygen atoms in total. The number of ether oxygens (including phenoxy) is 3. The zero-order chi connectivity index (χ0) is 24.8. The quantitative estimate of drug-likeness (QED) is 0.272. The average Bonchev–Trinajstić information content (AvgIpc) is 2.89. The number of hydrogen-bond donors (Lipinski definition) is 1. The Kier molecular flexibility index (Phi) is 7.61. The van der Waals surface area contributed by atoms with Crippen molar-refractivity contribution in [3.63, 3.8) is 0 Å². The molecule has 0 saturated carbocycles. The van der Waals surface area contributed by atoms with Gasteiger partial charge in [-0.25, -0.2) is 0 Å². The number of pyridine rings is 1. The van der Waals surface area contributed by atoms with Gasteiger partial charge in [-0.15, -0.1) is 0 Å². The molecule has 1 saturated heterocycles. The van der Waals surface area contributed by atoms with E-state index in [-0.39, 0.29) is 29.4 Å². The summed E-state index contributed by atoms with van der Waals surface area (Å²) in [5, 5.41) is 16.3. The van der Waals surface area contributed by atoms with E-state index in [4.69, 9.17) is 14.2 Å². The van der Waals surface area contributed by atoms with Crippen molar-refractivity contribution in [3.8, 4) is 11.5 Å². The van der Waals surface area contributed by atoms with Crippen LogP contribution in [0.3, 0.4) is 0 Å². The van der Waals surface area contributed by atoms with E-state index < -0.39 is 10.8 Å². The lowest BCUT2D eigenvalue weighted by Gasteiger charge is -2.30. The molecule has 2 aromatic carbocycles. The number of nitro groups is 1. The van der Waals surface area contributed by atoms with Crippen LogP contribution in [0, 0.1) is 10.1 Å². The third kappa shape index (κ3) is 5.27. The summed E-state index contributed by atoms with van der Waals surface area (Å²) in [6.07, 6.45) is 6.92. The van der Waals surface area contributed by atoms with Gasteiger partial charge in [0.15, 0.2) is 11.5 Å². The maximum absolute atomic E-state index is 13.2. The molecule has 1 aliphatic rings. The molecule has 0 atom stereocenters. The Bertz CT molecular complexity index is 1230. The van der Waals surface area contributed by atoms with Crippen LogP contribution in [0.1, 0.15) is 29.6 Å². The molecule has 1 aromatic heterocycles. The lowest BCUT2D eigenvalue weighted by Crippen LogP contribution is -2.29. The highest BCUT2D eigenvalue weighted by Gasteiger charge is 2.26. The molecule has 0 aliphatic carbocycles. The van der Waals surface area contributed by atoms with E-state index in [1.165, 1.54) is 32.8 Å².